The Bertz CT molecular complexity index is 3320. The van der Waals surface area contributed by atoms with Crippen LogP contribution in [0.1, 0.15) is 5.56 Å². The van der Waals surface area contributed by atoms with Gasteiger partial charge in [-0.2, -0.15) is 5.26 Å². The van der Waals surface area contributed by atoms with Gasteiger partial charge in [0.05, 0.1) is 39.1 Å². The van der Waals surface area contributed by atoms with Gasteiger partial charge in [-0.3, -0.25) is 0 Å². The van der Waals surface area contributed by atoms with Crippen molar-refractivity contribution >= 4 is 43.7 Å². The van der Waals surface area contributed by atoms with Gasteiger partial charge >= 0.3 is 0 Å². The van der Waals surface area contributed by atoms with Gasteiger partial charge in [-0.15, -0.1) is 0 Å². The topological polar surface area (TPSA) is 67.6 Å². The van der Waals surface area contributed by atoms with E-state index >= 15 is 0 Å². The Morgan fingerprint density at radius 2 is 0.948 bits per heavy atom. The summed E-state index contributed by atoms with van der Waals surface area (Å²) in [4.78, 5) is 10.7. The van der Waals surface area contributed by atoms with E-state index in [2.05, 4.69) is 132 Å². The van der Waals surface area contributed by atoms with Crippen LogP contribution in [0.4, 0.5) is 0 Å². The standard InChI is InChI=1S/C53H32N4O/c54-33-43-49(36-21-9-3-10-22-36)55-53(56-50(43)37-23-11-4-12-24-37)48-38(34-17-5-1-6-18-34)26-16-30-45(48)57-44-29-14-13-25-42(44)47-46(57)32-31-41-40-28-15-27-39(51(40)58-52(41)47)35-19-7-2-8-20-35/h1-32H. The van der Waals surface area contributed by atoms with Crippen LogP contribution in [0.2, 0.25) is 0 Å². The van der Waals surface area contributed by atoms with Gasteiger partial charge < -0.3 is 8.98 Å². The average molecular weight is 741 g/mol. The predicted molar refractivity (Wildman–Crippen MR) is 236 cm³/mol. The van der Waals surface area contributed by atoms with Crippen molar-refractivity contribution in [1.29, 1.82) is 5.26 Å². The van der Waals surface area contributed by atoms with Crippen LogP contribution in [0.3, 0.4) is 0 Å². The lowest BCUT2D eigenvalue weighted by atomic mass is 9.95. The first kappa shape index (κ1) is 33.3. The second kappa shape index (κ2) is 13.6. The number of hydrogen-bond acceptors (Lipinski definition) is 4. The number of para-hydroxylation sites is 2. The molecular weight excluding hydrogens is 709 g/mol. The molecule has 3 aromatic heterocycles. The van der Waals surface area contributed by atoms with Crippen LogP contribution in [0.5, 0.6) is 0 Å². The zero-order chi connectivity index (χ0) is 38.6. The summed E-state index contributed by atoms with van der Waals surface area (Å²) in [5.74, 6) is 0.523. The number of hydrogen-bond donors (Lipinski definition) is 0. The quantitative estimate of drug-likeness (QED) is 0.170. The van der Waals surface area contributed by atoms with Crippen LogP contribution in [0.25, 0.3) is 106 Å². The van der Waals surface area contributed by atoms with Crippen molar-refractivity contribution in [1.82, 2.24) is 14.5 Å². The number of furan rings is 1. The fourth-order valence-electron chi connectivity index (χ4n) is 8.52. The average Bonchev–Trinajstić information content (AvgIpc) is 3.85. The largest absolute Gasteiger partial charge is 0.455 e. The molecule has 3 heterocycles. The molecule has 0 unspecified atom stereocenters. The molecule has 0 saturated heterocycles. The molecule has 0 spiro atoms. The first-order chi connectivity index (χ1) is 28.8. The van der Waals surface area contributed by atoms with E-state index in [0.717, 1.165) is 88.4 Å². The molecule has 5 nitrogen and oxygen atoms in total. The number of aromatic nitrogens is 3. The molecule has 270 valence electrons. The third-order valence-electron chi connectivity index (χ3n) is 11.1. The third kappa shape index (κ3) is 5.24. The summed E-state index contributed by atoms with van der Waals surface area (Å²) < 4.78 is 9.33. The van der Waals surface area contributed by atoms with Gasteiger partial charge in [0.15, 0.2) is 5.82 Å². The summed E-state index contributed by atoms with van der Waals surface area (Å²) in [6.45, 7) is 0. The summed E-state index contributed by atoms with van der Waals surface area (Å²) >= 11 is 0. The molecule has 0 amide bonds. The lowest BCUT2D eigenvalue weighted by Crippen LogP contribution is -2.05. The van der Waals surface area contributed by atoms with E-state index in [1.54, 1.807) is 0 Å². The molecular formula is C53H32N4O. The van der Waals surface area contributed by atoms with Crippen LogP contribution < -0.4 is 0 Å². The zero-order valence-corrected chi connectivity index (χ0v) is 31.2. The van der Waals surface area contributed by atoms with Gasteiger partial charge in [-0.05, 0) is 41.0 Å². The van der Waals surface area contributed by atoms with Gasteiger partial charge in [0.25, 0.3) is 0 Å². The van der Waals surface area contributed by atoms with Crippen molar-refractivity contribution in [2.75, 3.05) is 0 Å². The first-order valence-corrected chi connectivity index (χ1v) is 19.3. The van der Waals surface area contributed by atoms with Gasteiger partial charge in [0, 0.05) is 32.8 Å². The van der Waals surface area contributed by atoms with Gasteiger partial charge in [0.2, 0.25) is 0 Å². The van der Waals surface area contributed by atoms with E-state index in [1.807, 2.05) is 72.8 Å². The molecule has 5 heteroatoms. The van der Waals surface area contributed by atoms with Crippen LogP contribution in [-0.2, 0) is 0 Å². The lowest BCUT2D eigenvalue weighted by Gasteiger charge is -2.19. The van der Waals surface area contributed by atoms with Crippen molar-refractivity contribution < 1.29 is 4.42 Å². The fourth-order valence-corrected chi connectivity index (χ4v) is 8.52. The molecule has 11 rings (SSSR count). The minimum atomic E-state index is 0.430. The molecule has 0 N–H and O–H groups in total. The van der Waals surface area contributed by atoms with E-state index < -0.39 is 0 Å². The maximum Gasteiger partial charge on any atom is 0.163 e. The summed E-state index contributed by atoms with van der Waals surface area (Å²) in [5.41, 5.74) is 13.0. The predicted octanol–water partition coefficient (Wildman–Crippen LogP) is 13.7. The lowest BCUT2D eigenvalue weighted by molar-refractivity contribution is 0.674. The second-order valence-corrected chi connectivity index (χ2v) is 14.4. The highest BCUT2D eigenvalue weighted by Gasteiger charge is 2.26. The smallest absolute Gasteiger partial charge is 0.163 e. The van der Waals surface area contributed by atoms with Crippen LogP contribution in [-0.4, -0.2) is 14.5 Å². The van der Waals surface area contributed by atoms with Gasteiger partial charge in [-0.1, -0.05) is 170 Å². The highest BCUT2D eigenvalue weighted by Crippen LogP contribution is 2.45. The van der Waals surface area contributed by atoms with E-state index in [9.17, 15) is 5.26 Å². The van der Waals surface area contributed by atoms with E-state index in [0.29, 0.717) is 22.8 Å². The van der Waals surface area contributed by atoms with E-state index in [-0.39, 0.29) is 0 Å². The first-order valence-electron chi connectivity index (χ1n) is 19.3. The molecule has 0 fully saturated rings. The molecule has 0 aliphatic heterocycles. The zero-order valence-electron chi connectivity index (χ0n) is 31.2. The molecule has 11 aromatic rings. The van der Waals surface area contributed by atoms with Crippen molar-refractivity contribution in [3.63, 3.8) is 0 Å². The molecule has 0 aliphatic rings. The van der Waals surface area contributed by atoms with Crippen LogP contribution in [0, 0.1) is 11.3 Å². The normalized spacial score (nSPS) is 11.4. The molecule has 0 aliphatic carbocycles. The van der Waals surface area contributed by atoms with Gasteiger partial charge in [-0.25, -0.2) is 9.97 Å². The van der Waals surface area contributed by atoms with Crippen LogP contribution in [0.15, 0.2) is 199 Å². The highest BCUT2D eigenvalue weighted by molar-refractivity contribution is 6.25. The molecule has 0 atom stereocenters. The summed E-state index contributed by atoms with van der Waals surface area (Å²) in [6, 6.07) is 68.8. The van der Waals surface area contributed by atoms with Crippen LogP contribution >= 0.6 is 0 Å². The van der Waals surface area contributed by atoms with Crippen molar-refractivity contribution in [2.24, 2.45) is 0 Å². The second-order valence-electron chi connectivity index (χ2n) is 14.4. The Balaban J connectivity index is 1.26. The van der Waals surface area contributed by atoms with E-state index in [4.69, 9.17) is 14.4 Å². The SMILES string of the molecule is N#Cc1c(-c2ccccc2)nc(-c2c(-c3ccccc3)cccc2-n2c3ccccc3c3c4oc5c(-c6ccccc6)cccc5c4ccc32)nc1-c1ccccc1. The Morgan fingerprint density at radius 1 is 0.431 bits per heavy atom. The maximum atomic E-state index is 10.7. The molecule has 58 heavy (non-hydrogen) atoms. The summed E-state index contributed by atoms with van der Waals surface area (Å²) in [5, 5.41) is 15.0. The minimum Gasteiger partial charge on any atom is -0.455 e. The highest BCUT2D eigenvalue weighted by atomic mass is 16.3. The van der Waals surface area contributed by atoms with Crippen molar-refractivity contribution in [3.8, 4) is 67.9 Å². The fraction of sp³-hybridized carbons (Fsp3) is 0. The Morgan fingerprint density at radius 3 is 1.59 bits per heavy atom. The number of benzene rings is 8. The molecule has 8 aromatic carbocycles. The number of rotatable bonds is 6. The number of nitriles is 1. The van der Waals surface area contributed by atoms with Crippen molar-refractivity contribution in [2.45, 2.75) is 0 Å². The minimum absolute atomic E-state index is 0.430. The summed E-state index contributed by atoms with van der Waals surface area (Å²) in [7, 11) is 0. The van der Waals surface area contributed by atoms with Gasteiger partial charge in [0.1, 0.15) is 22.8 Å². The summed E-state index contributed by atoms with van der Waals surface area (Å²) in [6.07, 6.45) is 0. The Labute approximate surface area is 334 Å². The molecule has 0 saturated carbocycles. The Hall–Kier alpha value is -8.07. The monoisotopic (exact) mass is 740 g/mol. The third-order valence-corrected chi connectivity index (χ3v) is 11.1. The molecule has 0 radical (unpaired) electrons. The maximum absolute atomic E-state index is 10.7. The van der Waals surface area contributed by atoms with Crippen molar-refractivity contribution in [3.05, 3.63) is 200 Å². The van der Waals surface area contributed by atoms with E-state index in [1.165, 1.54) is 0 Å². The molecule has 0 bridgehead atoms. The number of nitrogens with zero attached hydrogens (tertiary/aromatic N) is 4. The Kier molecular flexibility index (Phi) is 7.80. The number of fused-ring (bicyclic) bond motifs is 7.